The van der Waals surface area contributed by atoms with Gasteiger partial charge in [-0.15, -0.1) is 0 Å². The molecule has 0 saturated heterocycles. The molecular weight excluding hydrogens is 608 g/mol. The Morgan fingerprint density at radius 3 is 1.67 bits per heavy atom. The van der Waals surface area contributed by atoms with Crippen molar-refractivity contribution in [1.29, 1.82) is 0 Å². The first-order valence-electron chi connectivity index (χ1n) is 13.4. The van der Waals surface area contributed by atoms with E-state index in [4.69, 9.17) is 17.2 Å². The SMILES string of the molecule is CC(C)[C@H](NC(=O)[C@H](CO)NC(=O)[C@H](CCCCN)NC(=O)[C@H](CC(N)=O)NC(=O)[C@H](CS)NC(=O)[C@@H](N)CS)C(=O)O. The summed E-state index contributed by atoms with van der Waals surface area (Å²) in [6.07, 6.45) is 0.126. The highest BCUT2D eigenvalue weighted by Gasteiger charge is 2.33. The van der Waals surface area contributed by atoms with Gasteiger partial charge in [0.1, 0.15) is 30.2 Å². The van der Waals surface area contributed by atoms with Gasteiger partial charge < -0.3 is 54.0 Å². The highest BCUT2D eigenvalue weighted by atomic mass is 32.1. The third-order valence-corrected chi connectivity index (χ3v) is 6.77. The summed E-state index contributed by atoms with van der Waals surface area (Å²) in [5, 5.41) is 30.6. The van der Waals surface area contributed by atoms with Gasteiger partial charge in [0.25, 0.3) is 0 Å². The third kappa shape index (κ3) is 14.7. The van der Waals surface area contributed by atoms with E-state index >= 15 is 0 Å². The number of thiol groups is 2. The highest BCUT2D eigenvalue weighted by molar-refractivity contribution is 7.80. The number of hydrogen-bond acceptors (Lipinski definition) is 12. The van der Waals surface area contributed by atoms with Crippen molar-refractivity contribution in [1.82, 2.24) is 26.6 Å². The van der Waals surface area contributed by atoms with Crippen LogP contribution in [0.1, 0.15) is 39.5 Å². The van der Waals surface area contributed by atoms with E-state index in [1.165, 1.54) is 0 Å². The van der Waals surface area contributed by atoms with Crippen LogP contribution in [0.2, 0.25) is 0 Å². The number of carboxylic acid groups (broad SMARTS) is 1. The summed E-state index contributed by atoms with van der Waals surface area (Å²) >= 11 is 7.94. The molecule has 0 aliphatic rings. The number of nitrogens with one attached hydrogen (secondary N) is 5. The Morgan fingerprint density at radius 2 is 1.21 bits per heavy atom. The molecule has 0 spiro atoms. The number of amides is 6. The molecule has 0 aliphatic heterocycles. The van der Waals surface area contributed by atoms with Crippen LogP contribution in [-0.2, 0) is 33.6 Å². The van der Waals surface area contributed by atoms with Gasteiger partial charge in [-0.1, -0.05) is 13.8 Å². The lowest BCUT2D eigenvalue weighted by Gasteiger charge is -2.26. The van der Waals surface area contributed by atoms with Crippen molar-refractivity contribution in [3.63, 3.8) is 0 Å². The fourth-order valence-corrected chi connectivity index (χ4v) is 3.93. The van der Waals surface area contributed by atoms with E-state index in [0.717, 1.165) is 0 Å². The van der Waals surface area contributed by atoms with Crippen LogP contribution in [-0.4, -0.2) is 113 Å². The average molecular weight is 653 g/mol. The molecule has 0 aromatic rings. The number of carboxylic acids is 1. The molecule has 246 valence electrons. The standard InChI is InChI=1S/C24H44N8O9S2/c1-11(2)18(24(40)41)32-22(38)15(8-33)30-20(36)13(5-3-4-6-25)28-21(37)14(7-17(27)34)29-23(39)16(10-43)31-19(35)12(26)9-42/h11-16,18,33,42-43H,3-10,25-26H2,1-2H3,(H2,27,34)(H,28,37)(H,29,39)(H,30,36)(H,31,35)(H,32,38)(H,40,41)/t12-,13-,14-,15-,16-,18-/m0/s1. The first-order chi connectivity index (χ1) is 20.1. The molecule has 0 aromatic carbocycles. The van der Waals surface area contributed by atoms with Crippen molar-refractivity contribution in [2.45, 2.75) is 75.8 Å². The second-order valence-electron chi connectivity index (χ2n) is 9.92. The summed E-state index contributed by atoms with van der Waals surface area (Å²) in [4.78, 5) is 86.9. The minimum absolute atomic E-state index is 0.00641. The first-order valence-corrected chi connectivity index (χ1v) is 14.7. The van der Waals surface area contributed by atoms with Gasteiger partial charge in [0.05, 0.1) is 19.1 Å². The molecule has 0 unspecified atom stereocenters. The maximum absolute atomic E-state index is 13.2. The highest BCUT2D eigenvalue weighted by Crippen LogP contribution is 2.06. The molecule has 0 aromatic heterocycles. The van der Waals surface area contributed by atoms with E-state index in [2.05, 4.69) is 51.8 Å². The van der Waals surface area contributed by atoms with Crippen molar-refractivity contribution in [2.75, 3.05) is 24.7 Å². The van der Waals surface area contributed by atoms with Crippen LogP contribution >= 0.6 is 25.3 Å². The molecule has 0 fully saturated rings. The maximum Gasteiger partial charge on any atom is 0.326 e. The number of carbonyl (C=O) groups is 7. The molecule has 43 heavy (non-hydrogen) atoms. The van der Waals surface area contributed by atoms with E-state index in [0.29, 0.717) is 12.8 Å². The second kappa shape index (κ2) is 20.7. The van der Waals surface area contributed by atoms with Crippen molar-refractivity contribution in [3.05, 3.63) is 0 Å². The summed E-state index contributed by atoms with van der Waals surface area (Å²) in [5.41, 5.74) is 16.4. The summed E-state index contributed by atoms with van der Waals surface area (Å²) in [5.74, 6) is -7.48. The number of aliphatic hydroxyl groups excluding tert-OH is 1. The Kier molecular flexibility index (Phi) is 19.2. The lowest BCUT2D eigenvalue weighted by molar-refractivity contribution is -0.143. The van der Waals surface area contributed by atoms with Crippen molar-refractivity contribution < 1.29 is 43.8 Å². The van der Waals surface area contributed by atoms with Gasteiger partial charge >= 0.3 is 5.97 Å². The third-order valence-electron chi connectivity index (χ3n) is 6.01. The predicted molar refractivity (Wildman–Crippen MR) is 162 cm³/mol. The molecule has 6 amide bonds. The number of rotatable bonds is 21. The van der Waals surface area contributed by atoms with Crippen LogP contribution in [0, 0.1) is 5.92 Å². The van der Waals surface area contributed by atoms with E-state index < -0.39 is 96.6 Å². The summed E-state index contributed by atoms with van der Waals surface area (Å²) in [7, 11) is 0. The van der Waals surface area contributed by atoms with Crippen LogP contribution in [0.3, 0.4) is 0 Å². The molecule has 17 nitrogen and oxygen atoms in total. The quantitative estimate of drug-likeness (QED) is 0.0413. The Morgan fingerprint density at radius 1 is 0.721 bits per heavy atom. The van der Waals surface area contributed by atoms with Gasteiger partial charge in [0.15, 0.2) is 0 Å². The summed E-state index contributed by atoms with van der Waals surface area (Å²) in [6, 6.07) is -8.05. The fraction of sp³-hybridized carbons (Fsp3) is 0.708. The monoisotopic (exact) mass is 652 g/mol. The number of unbranched alkanes of at least 4 members (excludes halogenated alkanes) is 1. The second-order valence-corrected chi connectivity index (χ2v) is 10.7. The Hall–Kier alpha value is -3.13. The van der Waals surface area contributed by atoms with Crippen LogP contribution in [0.5, 0.6) is 0 Å². The minimum atomic E-state index is -1.58. The van der Waals surface area contributed by atoms with Gasteiger partial charge in [-0.05, 0) is 31.7 Å². The van der Waals surface area contributed by atoms with Gasteiger partial charge in [0.2, 0.25) is 35.4 Å². The van der Waals surface area contributed by atoms with Crippen LogP contribution in [0.4, 0.5) is 0 Å². The zero-order chi connectivity index (χ0) is 33.3. The number of primary amides is 1. The average Bonchev–Trinajstić information content (AvgIpc) is 2.94. The van der Waals surface area contributed by atoms with Gasteiger partial charge in [-0.2, -0.15) is 25.3 Å². The van der Waals surface area contributed by atoms with Gasteiger partial charge in [-0.3, -0.25) is 28.8 Å². The van der Waals surface area contributed by atoms with Crippen molar-refractivity contribution in [2.24, 2.45) is 23.1 Å². The number of aliphatic carboxylic acids is 1. The minimum Gasteiger partial charge on any atom is -0.480 e. The molecule has 0 radical (unpaired) electrons. The van der Waals surface area contributed by atoms with Gasteiger partial charge in [-0.25, -0.2) is 4.79 Å². The smallest absolute Gasteiger partial charge is 0.326 e. The Bertz CT molecular complexity index is 988. The molecular formula is C24H44N8O9S2. The van der Waals surface area contributed by atoms with Crippen LogP contribution in [0.15, 0.2) is 0 Å². The lowest BCUT2D eigenvalue weighted by atomic mass is 10.0. The fourth-order valence-electron chi connectivity index (χ4n) is 3.51. The molecule has 0 saturated carbocycles. The van der Waals surface area contributed by atoms with Crippen LogP contribution in [0.25, 0.3) is 0 Å². The molecule has 13 N–H and O–H groups in total. The molecule has 0 aliphatic carbocycles. The molecule has 0 rings (SSSR count). The van der Waals surface area contributed by atoms with Gasteiger partial charge in [0, 0.05) is 11.5 Å². The topological polar surface area (TPSA) is 298 Å². The first kappa shape index (κ1) is 39.9. The van der Waals surface area contributed by atoms with Crippen molar-refractivity contribution in [3.8, 4) is 0 Å². The normalized spacial score (nSPS) is 15.2. The van der Waals surface area contributed by atoms with E-state index in [1.807, 2.05) is 0 Å². The predicted octanol–water partition coefficient (Wildman–Crippen LogP) is -4.67. The zero-order valence-corrected chi connectivity index (χ0v) is 25.9. The largest absolute Gasteiger partial charge is 0.480 e. The van der Waals surface area contributed by atoms with Crippen LogP contribution < -0.4 is 43.8 Å². The number of aliphatic hydroxyl groups is 1. The van der Waals surface area contributed by atoms with E-state index in [9.17, 15) is 43.8 Å². The Labute approximate surface area is 260 Å². The number of hydrogen-bond donors (Lipinski definition) is 12. The molecule has 6 atom stereocenters. The summed E-state index contributed by atoms with van der Waals surface area (Å²) in [6.45, 7) is 2.49. The lowest BCUT2D eigenvalue weighted by Crippen LogP contribution is -2.60. The number of nitrogens with two attached hydrogens (primary N) is 3. The Balaban J connectivity index is 5.83. The zero-order valence-electron chi connectivity index (χ0n) is 24.1. The van der Waals surface area contributed by atoms with E-state index in [-0.39, 0.29) is 24.5 Å². The number of carbonyl (C=O) groups excluding carboxylic acids is 6. The van der Waals surface area contributed by atoms with E-state index in [1.54, 1.807) is 13.8 Å². The molecule has 0 bridgehead atoms. The van der Waals surface area contributed by atoms with Crippen molar-refractivity contribution >= 4 is 66.7 Å². The molecule has 0 heterocycles. The maximum atomic E-state index is 13.2. The summed E-state index contributed by atoms with van der Waals surface area (Å²) < 4.78 is 0. The molecule has 19 heteroatoms.